The van der Waals surface area contributed by atoms with Gasteiger partial charge in [0, 0.05) is 39.1 Å². The van der Waals surface area contributed by atoms with E-state index in [4.69, 9.17) is 0 Å². The highest BCUT2D eigenvalue weighted by molar-refractivity contribution is 7.22. The monoisotopic (exact) mass is 332 g/mol. The number of amides is 1. The SMILES string of the molecule is CCN1CCN(CCC(=O)Nc2nc3c(C)cccc3s2)CC1. The Morgan fingerprint density at radius 3 is 2.70 bits per heavy atom. The van der Waals surface area contributed by atoms with E-state index in [-0.39, 0.29) is 5.91 Å². The smallest absolute Gasteiger partial charge is 0.227 e. The predicted octanol–water partition coefficient (Wildman–Crippen LogP) is 2.57. The van der Waals surface area contributed by atoms with Gasteiger partial charge in [0.2, 0.25) is 5.91 Å². The number of nitrogens with zero attached hydrogens (tertiary/aromatic N) is 3. The zero-order valence-corrected chi connectivity index (χ0v) is 14.7. The molecule has 1 fully saturated rings. The van der Waals surface area contributed by atoms with E-state index in [9.17, 15) is 4.79 Å². The quantitative estimate of drug-likeness (QED) is 0.914. The van der Waals surface area contributed by atoms with Crippen LogP contribution < -0.4 is 5.32 Å². The van der Waals surface area contributed by atoms with Crippen LogP contribution in [0.15, 0.2) is 18.2 Å². The molecular formula is C17H24N4OS. The summed E-state index contributed by atoms with van der Waals surface area (Å²) in [6.07, 6.45) is 0.529. The van der Waals surface area contributed by atoms with Gasteiger partial charge in [-0.2, -0.15) is 0 Å². The fraction of sp³-hybridized carbons (Fsp3) is 0.529. The maximum Gasteiger partial charge on any atom is 0.227 e. The number of anilines is 1. The minimum atomic E-state index is 0.0552. The average molecular weight is 332 g/mol. The molecular weight excluding hydrogens is 308 g/mol. The molecule has 0 unspecified atom stereocenters. The second-order valence-corrected chi connectivity index (χ2v) is 7.05. The fourth-order valence-electron chi connectivity index (χ4n) is 2.91. The minimum absolute atomic E-state index is 0.0552. The lowest BCUT2D eigenvalue weighted by Gasteiger charge is -2.33. The zero-order chi connectivity index (χ0) is 16.2. The third-order valence-electron chi connectivity index (χ3n) is 4.43. The van der Waals surface area contributed by atoms with Crippen molar-refractivity contribution in [1.29, 1.82) is 0 Å². The summed E-state index contributed by atoms with van der Waals surface area (Å²) in [5.41, 5.74) is 2.14. The van der Waals surface area contributed by atoms with Crippen molar-refractivity contribution in [2.75, 3.05) is 44.6 Å². The van der Waals surface area contributed by atoms with Crippen molar-refractivity contribution >= 4 is 32.6 Å². The number of aromatic nitrogens is 1. The molecule has 3 rings (SSSR count). The molecule has 5 nitrogen and oxygen atoms in total. The number of likely N-dealkylation sites (N-methyl/N-ethyl adjacent to an activating group) is 1. The van der Waals surface area contributed by atoms with Crippen LogP contribution >= 0.6 is 11.3 Å². The van der Waals surface area contributed by atoms with Crippen LogP contribution in [-0.4, -0.2) is 60.0 Å². The molecule has 0 radical (unpaired) electrons. The molecule has 1 aliphatic rings. The van der Waals surface area contributed by atoms with Gasteiger partial charge in [0.15, 0.2) is 5.13 Å². The van der Waals surface area contributed by atoms with Crippen molar-refractivity contribution in [3.63, 3.8) is 0 Å². The molecule has 0 bridgehead atoms. The molecule has 1 aromatic heterocycles. The third-order valence-corrected chi connectivity index (χ3v) is 5.37. The topological polar surface area (TPSA) is 48.5 Å². The van der Waals surface area contributed by atoms with Crippen molar-refractivity contribution in [3.8, 4) is 0 Å². The van der Waals surface area contributed by atoms with Gasteiger partial charge in [0.05, 0.1) is 10.2 Å². The Bertz CT molecular complexity index is 676. The standard InChI is InChI=1S/C17H24N4OS/c1-3-20-9-11-21(12-10-20)8-7-15(22)18-17-19-16-13(2)5-4-6-14(16)23-17/h4-6H,3,7-12H2,1-2H3,(H,18,19,22). The number of thiazole rings is 1. The van der Waals surface area contributed by atoms with E-state index in [0.29, 0.717) is 11.6 Å². The Morgan fingerprint density at radius 2 is 2.00 bits per heavy atom. The molecule has 23 heavy (non-hydrogen) atoms. The first-order valence-electron chi connectivity index (χ1n) is 8.26. The number of carbonyl (C=O) groups excluding carboxylic acids is 1. The number of aryl methyl sites for hydroxylation is 1. The van der Waals surface area contributed by atoms with Crippen LogP contribution in [0, 0.1) is 6.92 Å². The lowest BCUT2D eigenvalue weighted by Crippen LogP contribution is -2.46. The predicted molar refractivity (Wildman–Crippen MR) is 96.2 cm³/mol. The number of para-hydroxylation sites is 1. The molecule has 1 aromatic carbocycles. The van der Waals surface area contributed by atoms with Gasteiger partial charge in [-0.3, -0.25) is 4.79 Å². The number of nitrogens with one attached hydrogen (secondary N) is 1. The summed E-state index contributed by atoms with van der Waals surface area (Å²) in [5, 5.41) is 3.65. The van der Waals surface area contributed by atoms with Crippen molar-refractivity contribution in [3.05, 3.63) is 23.8 Å². The van der Waals surface area contributed by atoms with Crippen molar-refractivity contribution < 1.29 is 4.79 Å². The number of hydrogen-bond acceptors (Lipinski definition) is 5. The van der Waals surface area contributed by atoms with Crippen LogP contribution in [0.4, 0.5) is 5.13 Å². The number of rotatable bonds is 5. The lowest BCUT2D eigenvalue weighted by molar-refractivity contribution is -0.116. The average Bonchev–Trinajstić information content (AvgIpc) is 2.97. The molecule has 6 heteroatoms. The molecule has 1 aliphatic heterocycles. The van der Waals surface area contributed by atoms with Gasteiger partial charge in [0.1, 0.15) is 0 Å². The number of carbonyl (C=O) groups is 1. The first-order valence-corrected chi connectivity index (χ1v) is 9.08. The lowest BCUT2D eigenvalue weighted by atomic mass is 10.2. The van der Waals surface area contributed by atoms with Crippen LogP contribution in [0.5, 0.6) is 0 Å². The molecule has 0 saturated carbocycles. The Labute approximate surface area is 141 Å². The van der Waals surface area contributed by atoms with Gasteiger partial charge in [-0.25, -0.2) is 4.98 Å². The molecule has 124 valence electrons. The Hall–Kier alpha value is -1.50. The zero-order valence-electron chi connectivity index (χ0n) is 13.8. The van der Waals surface area contributed by atoms with E-state index in [1.807, 2.05) is 25.1 Å². The molecule has 1 N–H and O–H groups in total. The Kier molecular flexibility index (Phi) is 5.25. The van der Waals surface area contributed by atoms with Gasteiger partial charge in [-0.1, -0.05) is 30.4 Å². The largest absolute Gasteiger partial charge is 0.302 e. The van der Waals surface area contributed by atoms with Gasteiger partial charge >= 0.3 is 0 Å². The Balaban J connectivity index is 1.50. The second kappa shape index (κ2) is 7.38. The van der Waals surface area contributed by atoms with E-state index < -0.39 is 0 Å². The van der Waals surface area contributed by atoms with E-state index in [2.05, 4.69) is 27.0 Å². The van der Waals surface area contributed by atoms with Crippen molar-refractivity contribution in [2.24, 2.45) is 0 Å². The summed E-state index contributed by atoms with van der Waals surface area (Å²) in [4.78, 5) is 21.5. The number of hydrogen-bond donors (Lipinski definition) is 1. The summed E-state index contributed by atoms with van der Waals surface area (Å²) in [7, 11) is 0. The third kappa shape index (κ3) is 4.07. The first-order chi connectivity index (χ1) is 11.2. The van der Waals surface area contributed by atoms with Gasteiger partial charge < -0.3 is 15.1 Å². The van der Waals surface area contributed by atoms with Crippen LogP contribution in [0.25, 0.3) is 10.2 Å². The fourth-order valence-corrected chi connectivity index (χ4v) is 3.87. The summed E-state index contributed by atoms with van der Waals surface area (Å²) >= 11 is 1.54. The van der Waals surface area contributed by atoms with Crippen LogP contribution in [0.2, 0.25) is 0 Å². The maximum absolute atomic E-state index is 12.2. The molecule has 0 spiro atoms. The second-order valence-electron chi connectivity index (χ2n) is 6.01. The number of piperazine rings is 1. The van der Waals surface area contributed by atoms with E-state index in [1.54, 1.807) is 11.3 Å². The number of benzene rings is 1. The highest BCUT2D eigenvalue weighted by atomic mass is 32.1. The van der Waals surface area contributed by atoms with E-state index in [0.717, 1.165) is 55.0 Å². The normalized spacial score (nSPS) is 16.8. The molecule has 1 saturated heterocycles. The van der Waals surface area contributed by atoms with Gasteiger partial charge in [-0.15, -0.1) is 0 Å². The molecule has 0 atom stereocenters. The summed E-state index contributed by atoms with van der Waals surface area (Å²) in [6.45, 7) is 10.5. The molecule has 2 aromatic rings. The summed E-state index contributed by atoms with van der Waals surface area (Å²) < 4.78 is 1.12. The van der Waals surface area contributed by atoms with E-state index in [1.165, 1.54) is 0 Å². The van der Waals surface area contributed by atoms with Crippen molar-refractivity contribution in [2.45, 2.75) is 20.3 Å². The van der Waals surface area contributed by atoms with Gasteiger partial charge in [-0.05, 0) is 25.1 Å². The minimum Gasteiger partial charge on any atom is -0.302 e. The van der Waals surface area contributed by atoms with Crippen LogP contribution in [0.3, 0.4) is 0 Å². The molecule has 0 aliphatic carbocycles. The van der Waals surface area contributed by atoms with Crippen molar-refractivity contribution in [1.82, 2.24) is 14.8 Å². The molecule has 2 heterocycles. The number of fused-ring (bicyclic) bond motifs is 1. The first kappa shape index (κ1) is 16.4. The van der Waals surface area contributed by atoms with Crippen LogP contribution in [0.1, 0.15) is 18.9 Å². The Morgan fingerprint density at radius 1 is 1.26 bits per heavy atom. The van der Waals surface area contributed by atoms with Crippen LogP contribution in [-0.2, 0) is 4.79 Å². The molecule has 1 amide bonds. The highest BCUT2D eigenvalue weighted by Crippen LogP contribution is 2.27. The van der Waals surface area contributed by atoms with E-state index >= 15 is 0 Å². The summed E-state index contributed by atoms with van der Waals surface area (Å²) in [6, 6.07) is 6.11. The summed E-state index contributed by atoms with van der Waals surface area (Å²) in [5.74, 6) is 0.0552. The highest BCUT2D eigenvalue weighted by Gasteiger charge is 2.16. The van der Waals surface area contributed by atoms with Gasteiger partial charge in [0.25, 0.3) is 0 Å². The maximum atomic E-state index is 12.2.